The highest BCUT2D eigenvalue weighted by Gasteiger charge is 2.11. The number of nitrogens with zero attached hydrogens (tertiary/aromatic N) is 2. The topological polar surface area (TPSA) is 50.7 Å². The Labute approximate surface area is 107 Å². The van der Waals surface area contributed by atoms with E-state index in [0.29, 0.717) is 6.04 Å². The lowest BCUT2D eigenvalue weighted by Crippen LogP contribution is -2.12. The van der Waals surface area contributed by atoms with Crippen LogP contribution in [0.5, 0.6) is 0 Å². The van der Waals surface area contributed by atoms with Crippen LogP contribution in [0, 0.1) is 6.92 Å². The minimum Gasteiger partial charge on any atom is -0.307 e. The first-order valence-electron chi connectivity index (χ1n) is 6.70. The zero-order valence-corrected chi connectivity index (χ0v) is 11.4. The van der Waals surface area contributed by atoms with Gasteiger partial charge in [0.15, 0.2) is 0 Å². The molecule has 2 rings (SSSR count). The molecule has 0 aliphatic heterocycles. The van der Waals surface area contributed by atoms with Gasteiger partial charge in [0.1, 0.15) is 5.65 Å². The number of hydrogen-bond acceptors (Lipinski definition) is 2. The van der Waals surface area contributed by atoms with Crippen LogP contribution in [0.4, 0.5) is 0 Å². The second-order valence-electron chi connectivity index (χ2n) is 5.01. The van der Waals surface area contributed by atoms with E-state index in [1.54, 1.807) is 6.07 Å². The highest BCUT2D eigenvalue weighted by molar-refractivity contribution is 5.78. The number of pyridine rings is 1. The second-order valence-corrected chi connectivity index (χ2v) is 5.01. The fourth-order valence-corrected chi connectivity index (χ4v) is 2.35. The third kappa shape index (κ3) is 2.47. The molecule has 4 heteroatoms. The Balaban J connectivity index is 2.31. The van der Waals surface area contributed by atoms with Crippen molar-refractivity contribution >= 4 is 11.0 Å². The van der Waals surface area contributed by atoms with E-state index in [4.69, 9.17) is 0 Å². The molecular weight excluding hydrogens is 226 g/mol. The van der Waals surface area contributed by atoms with E-state index in [-0.39, 0.29) is 5.56 Å². The third-order valence-electron chi connectivity index (χ3n) is 3.45. The number of unbranched alkanes of at least 4 members (excludes halogenated alkanes) is 2. The summed E-state index contributed by atoms with van der Waals surface area (Å²) in [5.74, 6) is 0. The first kappa shape index (κ1) is 12.9. The van der Waals surface area contributed by atoms with Crippen LogP contribution in [0.1, 0.15) is 51.1 Å². The average Bonchev–Trinajstić information content (AvgIpc) is 2.73. The van der Waals surface area contributed by atoms with Gasteiger partial charge in [0.25, 0.3) is 0 Å². The summed E-state index contributed by atoms with van der Waals surface area (Å²) in [5, 5.41) is 5.46. The van der Waals surface area contributed by atoms with Gasteiger partial charge in [-0.1, -0.05) is 26.2 Å². The number of H-pyrrole nitrogens is 1. The summed E-state index contributed by atoms with van der Waals surface area (Å²) in [4.78, 5) is 14.4. The zero-order valence-electron chi connectivity index (χ0n) is 11.4. The molecule has 2 heterocycles. The van der Waals surface area contributed by atoms with E-state index >= 15 is 0 Å². The molecule has 0 aliphatic rings. The Morgan fingerprint density at radius 1 is 1.44 bits per heavy atom. The molecule has 0 aliphatic carbocycles. The highest BCUT2D eigenvalue weighted by Crippen LogP contribution is 2.21. The molecule has 1 atom stereocenters. The minimum atomic E-state index is -0.0532. The predicted octanol–water partition coefficient (Wildman–Crippen LogP) is 3.17. The summed E-state index contributed by atoms with van der Waals surface area (Å²) in [6.45, 7) is 6.31. The zero-order chi connectivity index (χ0) is 13.1. The fraction of sp³-hybridized carbons (Fsp3) is 0.571. The molecule has 1 unspecified atom stereocenters. The molecule has 18 heavy (non-hydrogen) atoms. The Morgan fingerprint density at radius 2 is 2.22 bits per heavy atom. The van der Waals surface area contributed by atoms with E-state index in [2.05, 4.69) is 23.9 Å². The van der Waals surface area contributed by atoms with Crippen LogP contribution in [-0.2, 0) is 0 Å². The van der Waals surface area contributed by atoms with Crippen molar-refractivity contribution in [2.75, 3.05) is 0 Å². The van der Waals surface area contributed by atoms with Gasteiger partial charge in [0.2, 0.25) is 5.56 Å². The van der Waals surface area contributed by atoms with Crippen molar-refractivity contribution in [1.82, 2.24) is 14.8 Å². The lowest BCUT2D eigenvalue weighted by Gasteiger charge is -2.12. The number of aromatic amines is 1. The van der Waals surface area contributed by atoms with Crippen LogP contribution >= 0.6 is 0 Å². The van der Waals surface area contributed by atoms with Gasteiger partial charge in [-0.05, 0) is 25.8 Å². The number of nitrogens with one attached hydrogen (secondary N) is 1. The standard InChI is InChI=1S/C14H21N3O/c1-4-5-6-7-11(3)17-14-12(9-15-17)10(2)8-13(18)16-14/h8-9,11H,4-7H2,1-3H3,(H,16,18). The van der Waals surface area contributed by atoms with E-state index < -0.39 is 0 Å². The van der Waals surface area contributed by atoms with Crippen LogP contribution in [0.15, 0.2) is 17.1 Å². The number of fused-ring (bicyclic) bond motifs is 1. The quantitative estimate of drug-likeness (QED) is 0.825. The molecule has 1 N–H and O–H groups in total. The molecule has 98 valence electrons. The van der Waals surface area contributed by atoms with Crippen LogP contribution in [-0.4, -0.2) is 14.8 Å². The van der Waals surface area contributed by atoms with Gasteiger partial charge in [-0.2, -0.15) is 5.10 Å². The molecule has 0 saturated carbocycles. The van der Waals surface area contributed by atoms with Gasteiger partial charge in [0, 0.05) is 11.5 Å². The molecule has 0 amide bonds. The van der Waals surface area contributed by atoms with Gasteiger partial charge in [0.05, 0.1) is 12.2 Å². The molecule has 0 bridgehead atoms. The van der Waals surface area contributed by atoms with Gasteiger partial charge < -0.3 is 4.98 Å². The summed E-state index contributed by atoms with van der Waals surface area (Å²) in [7, 11) is 0. The average molecular weight is 247 g/mol. The lowest BCUT2D eigenvalue weighted by atomic mass is 10.1. The first-order valence-corrected chi connectivity index (χ1v) is 6.70. The minimum absolute atomic E-state index is 0.0532. The predicted molar refractivity (Wildman–Crippen MR) is 73.9 cm³/mol. The SMILES string of the molecule is CCCCCC(C)n1ncc2c(C)cc(=O)[nH]c21. The van der Waals surface area contributed by atoms with Crippen molar-refractivity contribution in [3.63, 3.8) is 0 Å². The van der Waals surface area contributed by atoms with Crippen LogP contribution in [0.3, 0.4) is 0 Å². The second kappa shape index (κ2) is 5.38. The number of hydrogen-bond donors (Lipinski definition) is 1. The van der Waals surface area contributed by atoms with Crippen LogP contribution in [0.25, 0.3) is 11.0 Å². The number of aromatic nitrogens is 3. The van der Waals surface area contributed by atoms with Gasteiger partial charge in [-0.15, -0.1) is 0 Å². The van der Waals surface area contributed by atoms with E-state index in [9.17, 15) is 4.79 Å². The first-order chi connectivity index (χ1) is 8.63. The normalized spacial score (nSPS) is 13.1. The molecule has 2 aromatic rings. The highest BCUT2D eigenvalue weighted by atomic mass is 16.1. The molecule has 2 aromatic heterocycles. The van der Waals surface area contributed by atoms with E-state index in [1.807, 2.05) is 17.8 Å². The molecular formula is C14H21N3O. The summed E-state index contributed by atoms with van der Waals surface area (Å²) in [6.07, 6.45) is 6.62. The molecule has 0 aromatic carbocycles. The molecule has 4 nitrogen and oxygen atoms in total. The largest absolute Gasteiger partial charge is 0.307 e. The van der Waals surface area contributed by atoms with Crippen molar-refractivity contribution < 1.29 is 0 Å². The van der Waals surface area contributed by atoms with Crippen molar-refractivity contribution in [2.24, 2.45) is 0 Å². The van der Waals surface area contributed by atoms with Gasteiger partial charge in [-0.3, -0.25) is 4.79 Å². The van der Waals surface area contributed by atoms with Crippen LogP contribution in [0.2, 0.25) is 0 Å². The smallest absolute Gasteiger partial charge is 0.249 e. The Morgan fingerprint density at radius 3 is 2.94 bits per heavy atom. The maximum Gasteiger partial charge on any atom is 0.249 e. The molecule has 0 saturated heterocycles. The third-order valence-corrected chi connectivity index (χ3v) is 3.45. The van der Waals surface area contributed by atoms with Gasteiger partial charge in [-0.25, -0.2) is 4.68 Å². The number of aryl methyl sites for hydroxylation is 1. The van der Waals surface area contributed by atoms with Crippen molar-refractivity contribution in [3.8, 4) is 0 Å². The molecule has 0 fully saturated rings. The van der Waals surface area contributed by atoms with Crippen molar-refractivity contribution in [2.45, 2.75) is 52.5 Å². The maximum absolute atomic E-state index is 11.5. The Hall–Kier alpha value is -1.58. The summed E-state index contributed by atoms with van der Waals surface area (Å²) in [6, 6.07) is 1.95. The molecule has 0 spiro atoms. The Bertz CT molecular complexity index is 582. The summed E-state index contributed by atoms with van der Waals surface area (Å²) >= 11 is 0. The van der Waals surface area contributed by atoms with E-state index in [1.165, 1.54) is 19.3 Å². The monoisotopic (exact) mass is 247 g/mol. The van der Waals surface area contributed by atoms with Crippen molar-refractivity contribution in [1.29, 1.82) is 0 Å². The summed E-state index contributed by atoms with van der Waals surface area (Å²) < 4.78 is 1.94. The van der Waals surface area contributed by atoms with Crippen molar-refractivity contribution in [3.05, 3.63) is 28.2 Å². The molecule has 0 radical (unpaired) electrons. The van der Waals surface area contributed by atoms with Crippen LogP contribution < -0.4 is 5.56 Å². The maximum atomic E-state index is 11.5. The summed E-state index contributed by atoms with van der Waals surface area (Å²) in [5.41, 5.74) is 1.78. The lowest BCUT2D eigenvalue weighted by molar-refractivity contribution is 0.448. The number of rotatable bonds is 5. The Kier molecular flexibility index (Phi) is 3.84. The van der Waals surface area contributed by atoms with E-state index in [0.717, 1.165) is 23.0 Å². The fourth-order valence-electron chi connectivity index (χ4n) is 2.35. The van der Waals surface area contributed by atoms with Gasteiger partial charge >= 0.3 is 0 Å².